The smallest absolute Gasteiger partial charge is 0.188 e. The zero-order valence-corrected chi connectivity index (χ0v) is 13.4. The Morgan fingerprint density at radius 3 is 2.60 bits per heavy atom. The van der Waals surface area contributed by atoms with Gasteiger partial charge in [0.2, 0.25) is 0 Å². The van der Waals surface area contributed by atoms with Crippen molar-refractivity contribution < 1.29 is 4.79 Å². The number of fused-ring (bicyclic) bond motifs is 1. The fourth-order valence-electron chi connectivity index (χ4n) is 2.70. The zero-order valence-electron chi connectivity index (χ0n) is 13.4. The fourth-order valence-corrected chi connectivity index (χ4v) is 2.70. The van der Waals surface area contributed by atoms with Crippen LogP contribution in [0.25, 0.3) is 22.9 Å². The van der Waals surface area contributed by atoms with Crippen LogP contribution in [0.3, 0.4) is 0 Å². The monoisotopic (exact) mass is 325 g/mol. The molecular formula is C21H15N3O. The second kappa shape index (κ2) is 6.53. The first-order valence-corrected chi connectivity index (χ1v) is 7.97. The highest BCUT2D eigenvalue weighted by atomic mass is 16.1. The summed E-state index contributed by atoms with van der Waals surface area (Å²) >= 11 is 0. The number of carbonyl (C=O) groups excluding carboxylic acids is 1. The molecule has 0 radical (unpaired) electrons. The third-order valence-electron chi connectivity index (χ3n) is 3.97. The molecule has 4 rings (SSSR count). The highest BCUT2D eigenvalue weighted by molar-refractivity contribution is 6.11. The van der Waals surface area contributed by atoms with Gasteiger partial charge in [0.1, 0.15) is 0 Å². The number of benzene rings is 1. The Morgan fingerprint density at radius 2 is 1.80 bits per heavy atom. The van der Waals surface area contributed by atoms with Gasteiger partial charge in [0.05, 0.1) is 23.1 Å². The lowest BCUT2D eigenvalue weighted by molar-refractivity contribution is 0.104. The van der Waals surface area contributed by atoms with Crippen LogP contribution >= 0.6 is 0 Å². The van der Waals surface area contributed by atoms with Gasteiger partial charge in [0.25, 0.3) is 0 Å². The quantitative estimate of drug-likeness (QED) is 0.415. The van der Waals surface area contributed by atoms with E-state index in [0.29, 0.717) is 5.56 Å². The summed E-state index contributed by atoms with van der Waals surface area (Å²) in [5.74, 6) is -0.0672. The number of carbonyl (C=O) groups is 1. The Kier molecular flexibility index (Phi) is 3.92. The van der Waals surface area contributed by atoms with Crippen LogP contribution in [0, 0.1) is 0 Å². The minimum atomic E-state index is -0.0672. The third-order valence-corrected chi connectivity index (χ3v) is 3.97. The van der Waals surface area contributed by atoms with E-state index in [2.05, 4.69) is 9.97 Å². The maximum absolute atomic E-state index is 12.5. The molecule has 0 fully saturated rings. The summed E-state index contributed by atoms with van der Waals surface area (Å²) in [4.78, 5) is 21.2. The molecule has 0 saturated heterocycles. The van der Waals surface area contributed by atoms with Crippen molar-refractivity contribution in [2.24, 2.45) is 0 Å². The van der Waals surface area contributed by atoms with Crippen LogP contribution in [0.2, 0.25) is 0 Å². The van der Waals surface area contributed by atoms with E-state index in [1.54, 1.807) is 24.5 Å². The topological polar surface area (TPSA) is 47.3 Å². The highest BCUT2D eigenvalue weighted by Crippen LogP contribution is 2.20. The predicted octanol–water partition coefficient (Wildman–Crippen LogP) is 4.29. The van der Waals surface area contributed by atoms with Gasteiger partial charge in [0, 0.05) is 29.7 Å². The molecular weight excluding hydrogens is 310 g/mol. The molecule has 0 N–H and O–H groups in total. The second-order valence-electron chi connectivity index (χ2n) is 5.61. The number of pyridine rings is 1. The van der Waals surface area contributed by atoms with Crippen LogP contribution in [0.1, 0.15) is 16.1 Å². The van der Waals surface area contributed by atoms with Gasteiger partial charge in [-0.3, -0.25) is 14.8 Å². The van der Waals surface area contributed by atoms with Gasteiger partial charge in [-0.15, -0.1) is 0 Å². The molecule has 0 saturated carbocycles. The predicted molar refractivity (Wildman–Crippen MR) is 98.2 cm³/mol. The summed E-state index contributed by atoms with van der Waals surface area (Å²) in [6, 6.07) is 17.4. The van der Waals surface area contributed by atoms with Gasteiger partial charge in [-0.05, 0) is 30.4 Å². The normalized spacial score (nSPS) is 11.2. The lowest BCUT2D eigenvalue weighted by Gasteiger charge is -2.03. The van der Waals surface area contributed by atoms with Crippen LogP contribution in [0.4, 0.5) is 0 Å². The molecule has 3 heterocycles. The van der Waals surface area contributed by atoms with Crippen molar-refractivity contribution in [3.8, 4) is 11.3 Å². The van der Waals surface area contributed by atoms with Gasteiger partial charge in [-0.2, -0.15) is 0 Å². The summed E-state index contributed by atoms with van der Waals surface area (Å²) in [5.41, 5.74) is 4.08. The van der Waals surface area contributed by atoms with Gasteiger partial charge in [-0.25, -0.2) is 0 Å². The van der Waals surface area contributed by atoms with E-state index in [1.165, 1.54) is 0 Å². The molecule has 0 aliphatic carbocycles. The van der Waals surface area contributed by atoms with Crippen LogP contribution in [0.15, 0.2) is 85.5 Å². The molecule has 0 unspecified atom stereocenters. The average Bonchev–Trinajstić information content (AvgIpc) is 3.11. The van der Waals surface area contributed by atoms with E-state index < -0.39 is 0 Å². The molecule has 3 aromatic heterocycles. The van der Waals surface area contributed by atoms with Gasteiger partial charge < -0.3 is 4.40 Å². The van der Waals surface area contributed by atoms with Gasteiger partial charge >= 0.3 is 0 Å². The first-order valence-electron chi connectivity index (χ1n) is 7.97. The van der Waals surface area contributed by atoms with Crippen molar-refractivity contribution in [1.82, 2.24) is 14.4 Å². The van der Waals surface area contributed by atoms with Crippen molar-refractivity contribution in [3.05, 3.63) is 96.7 Å². The minimum absolute atomic E-state index is 0.0672. The van der Waals surface area contributed by atoms with Crippen LogP contribution < -0.4 is 0 Å². The Bertz CT molecular complexity index is 1050. The molecule has 0 aliphatic heterocycles. The molecule has 1 aromatic carbocycles. The molecule has 0 aliphatic rings. The van der Waals surface area contributed by atoms with Crippen LogP contribution in [-0.2, 0) is 0 Å². The van der Waals surface area contributed by atoms with Crippen molar-refractivity contribution in [3.63, 3.8) is 0 Å². The zero-order chi connectivity index (χ0) is 17.1. The van der Waals surface area contributed by atoms with Crippen molar-refractivity contribution in [2.75, 3.05) is 0 Å². The summed E-state index contributed by atoms with van der Waals surface area (Å²) in [5, 5.41) is 0. The largest absolute Gasteiger partial charge is 0.320 e. The first kappa shape index (κ1) is 15.0. The maximum Gasteiger partial charge on any atom is 0.188 e. The van der Waals surface area contributed by atoms with E-state index in [1.807, 2.05) is 71.4 Å². The molecule has 0 atom stereocenters. The minimum Gasteiger partial charge on any atom is -0.320 e. The molecule has 0 spiro atoms. The van der Waals surface area contributed by atoms with Gasteiger partial charge in [0.15, 0.2) is 5.78 Å². The molecule has 0 amide bonds. The SMILES string of the molecule is O=C(/C=C/c1ccccn1)c1ccn2cc(-c3ccccc3)ncc12. The summed E-state index contributed by atoms with van der Waals surface area (Å²) in [7, 11) is 0. The van der Waals surface area contributed by atoms with Crippen molar-refractivity contribution in [1.29, 1.82) is 0 Å². The van der Waals surface area contributed by atoms with Crippen LogP contribution in [-0.4, -0.2) is 20.2 Å². The van der Waals surface area contributed by atoms with Crippen molar-refractivity contribution in [2.45, 2.75) is 0 Å². The molecule has 4 aromatic rings. The fraction of sp³-hybridized carbons (Fsp3) is 0. The van der Waals surface area contributed by atoms with E-state index in [-0.39, 0.29) is 5.78 Å². The number of hydrogen-bond donors (Lipinski definition) is 0. The molecule has 4 heteroatoms. The van der Waals surface area contributed by atoms with Crippen molar-refractivity contribution >= 4 is 17.4 Å². The maximum atomic E-state index is 12.5. The lowest BCUT2D eigenvalue weighted by atomic mass is 10.1. The standard InChI is InChI=1S/C21H15N3O/c25-21(10-9-17-8-4-5-12-22-17)18-11-13-24-15-19(23-14-20(18)24)16-6-2-1-3-7-16/h1-15H/b10-9+. The number of nitrogens with zero attached hydrogens (tertiary/aromatic N) is 3. The Labute approximate surface area is 145 Å². The Hall–Kier alpha value is -3.53. The number of ketones is 1. The average molecular weight is 325 g/mol. The Morgan fingerprint density at radius 1 is 0.960 bits per heavy atom. The van der Waals surface area contributed by atoms with E-state index in [9.17, 15) is 4.79 Å². The summed E-state index contributed by atoms with van der Waals surface area (Å²) in [6.45, 7) is 0. The first-order chi connectivity index (χ1) is 12.3. The highest BCUT2D eigenvalue weighted by Gasteiger charge is 2.10. The number of allylic oxidation sites excluding steroid dienone is 1. The third kappa shape index (κ3) is 3.10. The number of hydrogen-bond acceptors (Lipinski definition) is 3. The number of aromatic nitrogens is 3. The molecule has 25 heavy (non-hydrogen) atoms. The van der Waals surface area contributed by atoms with E-state index in [0.717, 1.165) is 22.5 Å². The molecule has 0 bridgehead atoms. The molecule has 4 nitrogen and oxygen atoms in total. The summed E-state index contributed by atoms with van der Waals surface area (Å²) in [6.07, 6.45) is 10.5. The van der Waals surface area contributed by atoms with E-state index >= 15 is 0 Å². The molecule has 120 valence electrons. The second-order valence-corrected chi connectivity index (χ2v) is 5.61. The lowest BCUT2D eigenvalue weighted by Crippen LogP contribution is -1.96. The van der Waals surface area contributed by atoms with Crippen LogP contribution in [0.5, 0.6) is 0 Å². The number of rotatable bonds is 4. The van der Waals surface area contributed by atoms with E-state index in [4.69, 9.17) is 0 Å². The Balaban J connectivity index is 1.65. The van der Waals surface area contributed by atoms with Gasteiger partial charge in [-0.1, -0.05) is 36.4 Å². The summed E-state index contributed by atoms with van der Waals surface area (Å²) < 4.78 is 1.93.